The Bertz CT molecular complexity index is 315. The van der Waals surface area contributed by atoms with Crippen LogP contribution in [0.15, 0.2) is 0 Å². The van der Waals surface area contributed by atoms with E-state index in [1.807, 2.05) is 0 Å². The third-order valence-electron chi connectivity index (χ3n) is 3.80. The number of unbranched alkanes of at least 4 members (excludes halogenated alkanes) is 10. The van der Waals surface area contributed by atoms with E-state index in [1.165, 1.54) is 64.2 Å². The van der Waals surface area contributed by atoms with Gasteiger partial charge in [-0.3, -0.25) is 4.79 Å². The van der Waals surface area contributed by atoms with E-state index in [2.05, 4.69) is 18.8 Å². The Morgan fingerprint density at radius 1 is 0.783 bits per heavy atom. The van der Waals surface area contributed by atoms with Crippen LogP contribution in [0.1, 0.15) is 96.8 Å². The van der Waals surface area contributed by atoms with E-state index in [0.29, 0.717) is 12.8 Å². The molecule has 0 atom stereocenters. The molecule has 0 aliphatic heterocycles. The molecule has 134 valence electrons. The van der Waals surface area contributed by atoms with Crippen LogP contribution in [0, 0.1) is 11.8 Å². The smallest absolute Gasteiger partial charge is 0.303 e. The molecule has 0 aromatic heterocycles. The van der Waals surface area contributed by atoms with Gasteiger partial charge in [0.25, 0.3) is 0 Å². The first-order valence-electron chi connectivity index (χ1n) is 9.52. The second-order valence-corrected chi connectivity index (χ2v) is 6.15. The van der Waals surface area contributed by atoms with Gasteiger partial charge in [-0.1, -0.05) is 51.9 Å². The van der Waals surface area contributed by atoms with Crippen molar-refractivity contribution in [3.05, 3.63) is 0 Å². The number of carboxylic acids is 1. The van der Waals surface area contributed by atoms with Crippen molar-refractivity contribution in [1.29, 1.82) is 0 Å². The summed E-state index contributed by atoms with van der Waals surface area (Å²) in [6.45, 7) is 4.09. The molecule has 0 rings (SSSR count). The fourth-order valence-corrected chi connectivity index (χ4v) is 2.36. The second-order valence-electron chi connectivity index (χ2n) is 6.15. The Hall–Kier alpha value is -1.01. The average molecular weight is 325 g/mol. The molecule has 3 nitrogen and oxygen atoms in total. The minimum atomic E-state index is -0.728. The Morgan fingerprint density at radius 3 is 1.91 bits per heavy atom. The summed E-state index contributed by atoms with van der Waals surface area (Å²) in [6.07, 6.45) is 15.2. The minimum Gasteiger partial charge on any atom is -0.481 e. The highest BCUT2D eigenvalue weighted by atomic mass is 16.5. The SMILES string of the molecule is CCCCCCOCCCCCCCCC#CCCCC(=O)O. The molecular formula is C20H36O3. The molecule has 0 fully saturated rings. The molecule has 0 spiro atoms. The third kappa shape index (κ3) is 21.0. The summed E-state index contributed by atoms with van der Waals surface area (Å²) in [7, 11) is 0. The Labute approximate surface area is 143 Å². The number of carboxylic acid groups (broad SMARTS) is 1. The van der Waals surface area contributed by atoms with Gasteiger partial charge in [0, 0.05) is 32.5 Å². The Morgan fingerprint density at radius 2 is 1.30 bits per heavy atom. The molecule has 3 heteroatoms. The van der Waals surface area contributed by atoms with Gasteiger partial charge in [-0.15, -0.1) is 11.8 Å². The van der Waals surface area contributed by atoms with Crippen LogP contribution in [0.2, 0.25) is 0 Å². The molecule has 0 heterocycles. The molecule has 0 bridgehead atoms. The quantitative estimate of drug-likeness (QED) is 0.298. The first-order valence-corrected chi connectivity index (χ1v) is 9.52. The molecule has 1 N–H and O–H groups in total. The van der Waals surface area contributed by atoms with Crippen molar-refractivity contribution in [1.82, 2.24) is 0 Å². The van der Waals surface area contributed by atoms with Crippen molar-refractivity contribution in [3.8, 4) is 11.8 Å². The molecular weight excluding hydrogens is 288 g/mol. The summed E-state index contributed by atoms with van der Waals surface area (Å²) >= 11 is 0. The largest absolute Gasteiger partial charge is 0.481 e. The van der Waals surface area contributed by atoms with Crippen LogP contribution in [0.3, 0.4) is 0 Å². The van der Waals surface area contributed by atoms with Crippen molar-refractivity contribution in [3.63, 3.8) is 0 Å². The molecule has 0 radical (unpaired) electrons. The predicted octanol–water partition coefficient (Wildman–Crippen LogP) is 5.57. The van der Waals surface area contributed by atoms with Crippen LogP contribution in [-0.2, 0) is 9.53 Å². The molecule has 0 amide bonds. The van der Waals surface area contributed by atoms with Crippen molar-refractivity contribution in [2.75, 3.05) is 13.2 Å². The van der Waals surface area contributed by atoms with Gasteiger partial charge in [-0.05, 0) is 25.7 Å². The van der Waals surface area contributed by atoms with Crippen molar-refractivity contribution >= 4 is 5.97 Å². The maximum atomic E-state index is 10.3. The normalized spacial score (nSPS) is 10.3. The van der Waals surface area contributed by atoms with Gasteiger partial charge in [0.05, 0.1) is 0 Å². The number of hydrogen-bond donors (Lipinski definition) is 1. The van der Waals surface area contributed by atoms with Gasteiger partial charge in [-0.25, -0.2) is 0 Å². The zero-order chi connectivity index (χ0) is 17.0. The summed E-state index contributed by atoms with van der Waals surface area (Å²) in [5, 5.41) is 8.49. The summed E-state index contributed by atoms with van der Waals surface area (Å²) in [6, 6.07) is 0. The van der Waals surface area contributed by atoms with E-state index in [-0.39, 0.29) is 6.42 Å². The van der Waals surface area contributed by atoms with Crippen LogP contribution in [0.5, 0.6) is 0 Å². The van der Waals surface area contributed by atoms with Crippen molar-refractivity contribution in [2.45, 2.75) is 96.8 Å². The van der Waals surface area contributed by atoms with E-state index >= 15 is 0 Å². The fraction of sp³-hybridized carbons (Fsp3) is 0.850. The molecule has 0 aliphatic carbocycles. The van der Waals surface area contributed by atoms with E-state index in [9.17, 15) is 4.79 Å². The summed E-state index contributed by atoms with van der Waals surface area (Å²) in [4.78, 5) is 10.3. The minimum absolute atomic E-state index is 0.233. The maximum Gasteiger partial charge on any atom is 0.303 e. The third-order valence-corrected chi connectivity index (χ3v) is 3.80. The van der Waals surface area contributed by atoms with E-state index < -0.39 is 5.97 Å². The summed E-state index contributed by atoms with van der Waals surface area (Å²) < 4.78 is 5.63. The summed E-state index contributed by atoms with van der Waals surface area (Å²) in [5.41, 5.74) is 0. The van der Waals surface area contributed by atoms with Crippen LogP contribution in [0.4, 0.5) is 0 Å². The Kier molecular flexibility index (Phi) is 18.2. The molecule has 0 aromatic carbocycles. The van der Waals surface area contributed by atoms with Crippen LogP contribution >= 0.6 is 0 Å². The van der Waals surface area contributed by atoms with E-state index in [4.69, 9.17) is 9.84 Å². The highest BCUT2D eigenvalue weighted by Gasteiger charge is 1.94. The lowest BCUT2D eigenvalue weighted by Crippen LogP contribution is -1.97. The lowest BCUT2D eigenvalue weighted by Gasteiger charge is -2.04. The first kappa shape index (κ1) is 22.0. The molecule has 0 saturated heterocycles. The van der Waals surface area contributed by atoms with Gasteiger partial charge in [0.15, 0.2) is 0 Å². The standard InChI is InChI=1S/C20H36O3/c1-2-3-4-15-18-23-19-16-13-11-9-7-5-6-8-10-12-14-17-20(21)22/h2-7,9,11-19H2,1H3,(H,21,22). The monoisotopic (exact) mass is 324 g/mol. The van der Waals surface area contributed by atoms with Crippen molar-refractivity contribution in [2.24, 2.45) is 0 Å². The predicted molar refractivity (Wildman–Crippen MR) is 96.5 cm³/mol. The number of ether oxygens (including phenoxy) is 1. The van der Waals surface area contributed by atoms with Crippen LogP contribution < -0.4 is 0 Å². The van der Waals surface area contributed by atoms with Crippen LogP contribution in [-0.4, -0.2) is 24.3 Å². The topological polar surface area (TPSA) is 46.5 Å². The molecule has 0 saturated carbocycles. The van der Waals surface area contributed by atoms with Gasteiger partial charge >= 0.3 is 5.97 Å². The molecule has 0 aliphatic rings. The zero-order valence-corrected chi connectivity index (χ0v) is 15.1. The number of rotatable bonds is 16. The fourth-order valence-electron chi connectivity index (χ4n) is 2.36. The van der Waals surface area contributed by atoms with Gasteiger partial charge < -0.3 is 9.84 Å². The number of aliphatic carboxylic acids is 1. The van der Waals surface area contributed by atoms with Gasteiger partial charge in [-0.2, -0.15) is 0 Å². The average Bonchev–Trinajstić information content (AvgIpc) is 2.53. The first-order chi connectivity index (χ1) is 11.3. The highest BCUT2D eigenvalue weighted by Crippen LogP contribution is 2.07. The Balaban J connectivity index is 3.08. The van der Waals surface area contributed by atoms with Gasteiger partial charge in [0.2, 0.25) is 0 Å². The van der Waals surface area contributed by atoms with E-state index in [1.54, 1.807) is 0 Å². The van der Waals surface area contributed by atoms with Gasteiger partial charge in [0.1, 0.15) is 0 Å². The lowest BCUT2D eigenvalue weighted by molar-refractivity contribution is -0.137. The lowest BCUT2D eigenvalue weighted by atomic mass is 10.1. The number of hydrogen-bond acceptors (Lipinski definition) is 2. The maximum absolute atomic E-state index is 10.3. The molecule has 0 unspecified atom stereocenters. The molecule has 23 heavy (non-hydrogen) atoms. The molecule has 0 aromatic rings. The highest BCUT2D eigenvalue weighted by molar-refractivity contribution is 5.66. The van der Waals surface area contributed by atoms with Crippen molar-refractivity contribution < 1.29 is 14.6 Å². The summed E-state index contributed by atoms with van der Waals surface area (Å²) in [5.74, 6) is 5.46. The second kappa shape index (κ2) is 19.0. The van der Waals surface area contributed by atoms with E-state index in [0.717, 1.165) is 19.6 Å². The van der Waals surface area contributed by atoms with Crippen LogP contribution in [0.25, 0.3) is 0 Å². The zero-order valence-electron chi connectivity index (χ0n) is 15.1. The number of carbonyl (C=O) groups is 1.